The highest BCUT2D eigenvalue weighted by Crippen LogP contribution is 2.41. The Labute approximate surface area is 308 Å². The Hall–Kier alpha value is -4.09. The zero-order chi connectivity index (χ0) is 37.0. The van der Waals surface area contributed by atoms with Crippen molar-refractivity contribution >= 4 is 55.4 Å². The number of aromatic nitrogens is 4. The van der Waals surface area contributed by atoms with Crippen LogP contribution < -0.4 is 0 Å². The zero-order valence-electron chi connectivity index (χ0n) is 33.1. The second-order valence-corrected chi connectivity index (χ2v) is 19.4. The molecule has 0 spiro atoms. The van der Waals surface area contributed by atoms with Gasteiger partial charge in [0.1, 0.15) is 11.6 Å². The summed E-state index contributed by atoms with van der Waals surface area (Å²) < 4.78 is 4.76. The summed E-state index contributed by atoms with van der Waals surface area (Å²) in [5.74, 6) is 1.84. The molecule has 3 heterocycles. The van der Waals surface area contributed by atoms with E-state index in [1.807, 2.05) is 0 Å². The summed E-state index contributed by atoms with van der Waals surface area (Å²) in [6.07, 6.45) is 2.08. The lowest BCUT2D eigenvalue weighted by molar-refractivity contribution is 0.590. The highest BCUT2D eigenvalue weighted by atomic mass is 32.2. The molecule has 0 fully saturated rings. The largest absolute Gasteiger partial charge is 0.293 e. The van der Waals surface area contributed by atoms with Crippen LogP contribution in [0.4, 0.5) is 0 Å². The summed E-state index contributed by atoms with van der Waals surface area (Å²) in [4.78, 5) is 10.6. The summed E-state index contributed by atoms with van der Waals surface area (Å²) in [5, 5.41) is 5.79. The van der Waals surface area contributed by atoms with Gasteiger partial charge in [-0.05, 0) is 106 Å². The van der Waals surface area contributed by atoms with Crippen molar-refractivity contribution < 1.29 is 0 Å². The highest BCUT2D eigenvalue weighted by Gasteiger charge is 2.26. The van der Waals surface area contributed by atoms with Gasteiger partial charge < -0.3 is 0 Å². The number of rotatable bonds is 3. The van der Waals surface area contributed by atoms with E-state index in [4.69, 9.17) is 9.97 Å². The smallest absolute Gasteiger partial charge is 0.191 e. The minimum absolute atomic E-state index is 0.0323. The molecule has 7 rings (SSSR count). The molecule has 0 radical (unpaired) electrons. The van der Waals surface area contributed by atoms with Crippen LogP contribution in [0.25, 0.3) is 55.2 Å². The number of fused-ring (bicyclic) bond motifs is 6. The molecule has 0 atom stereocenters. The molecule has 0 N–H and O–H groups in total. The first-order chi connectivity index (χ1) is 23.7. The van der Waals surface area contributed by atoms with E-state index in [0.717, 1.165) is 44.4 Å². The van der Waals surface area contributed by atoms with Crippen LogP contribution in [0.15, 0.2) is 78.0 Å². The van der Waals surface area contributed by atoms with E-state index in [2.05, 4.69) is 178 Å². The molecule has 0 aliphatic carbocycles. The van der Waals surface area contributed by atoms with Crippen molar-refractivity contribution in [2.45, 2.75) is 117 Å². The zero-order valence-corrected chi connectivity index (χ0v) is 33.9. The molecule has 4 aromatic carbocycles. The van der Waals surface area contributed by atoms with Crippen molar-refractivity contribution in [2.24, 2.45) is 0 Å². The molecule has 0 bridgehead atoms. The fraction of sp³-hybridized carbons (Fsp3) is 0.391. The molecular formula is C46H54N4S. The van der Waals surface area contributed by atoms with Gasteiger partial charge in [0.15, 0.2) is 5.16 Å². The minimum atomic E-state index is 0.0323. The molecule has 0 saturated carbocycles. The van der Waals surface area contributed by atoms with E-state index in [1.165, 1.54) is 43.8 Å². The van der Waals surface area contributed by atoms with Crippen LogP contribution >= 0.6 is 11.8 Å². The van der Waals surface area contributed by atoms with E-state index in [0.29, 0.717) is 0 Å². The first-order valence-electron chi connectivity index (χ1n) is 18.3. The predicted molar refractivity (Wildman–Crippen MR) is 222 cm³/mol. The Bertz CT molecular complexity index is 2190. The van der Waals surface area contributed by atoms with E-state index in [1.54, 1.807) is 11.8 Å². The minimum Gasteiger partial charge on any atom is -0.293 e. The van der Waals surface area contributed by atoms with Gasteiger partial charge >= 0.3 is 0 Å². The van der Waals surface area contributed by atoms with E-state index < -0.39 is 0 Å². The van der Waals surface area contributed by atoms with Crippen molar-refractivity contribution in [1.82, 2.24) is 19.1 Å². The van der Waals surface area contributed by atoms with Crippen LogP contribution in [0.3, 0.4) is 0 Å². The SMILES string of the molecule is CSc1nc(-n2c3ccc(C(C)(C)C)cc3c3cc(C(C)(C)C)ccc32)c(C)c(-n2c3ccc(C(C)(C)C)cc3c3cc(C(C)(C)C)ccc32)n1. The van der Waals surface area contributed by atoms with Crippen molar-refractivity contribution in [3.63, 3.8) is 0 Å². The summed E-state index contributed by atoms with van der Waals surface area (Å²) in [6.45, 7) is 29.7. The van der Waals surface area contributed by atoms with Crippen LogP contribution in [-0.2, 0) is 21.7 Å². The average molecular weight is 695 g/mol. The molecule has 3 aromatic heterocycles. The maximum atomic E-state index is 5.30. The van der Waals surface area contributed by atoms with Gasteiger partial charge in [-0.15, -0.1) is 0 Å². The lowest BCUT2D eigenvalue weighted by atomic mass is 9.85. The van der Waals surface area contributed by atoms with Crippen LogP contribution in [-0.4, -0.2) is 25.4 Å². The lowest BCUT2D eigenvalue weighted by Crippen LogP contribution is -2.12. The summed E-state index contributed by atoms with van der Waals surface area (Å²) >= 11 is 1.60. The highest BCUT2D eigenvalue weighted by molar-refractivity contribution is 7.98. The van der Waals surface area contributed by atoms with Gasteiger partial charge in [-0.3, -0.25) is 9.13 Å². The van der Waals surface area contributed by atoms with Crippen molar-refractivity contribution in [1.29, 1.82) is 0 Å². The summed E-state index contributed by atoms with van der Waals surface area (Å²) in [7, 11) is 0. The van der Waals surface area contributed by atoms with Crippen LogP contribution in [0.1, 0.15) is 111 Å². The molecule has 0 aliphatic rings. The molecule has 264 valence electrons. The Kier molecular flexibility index (Phi) is 8.11. The maximum absolute atomic E-state index is 5.30. The quantitative estimate of drug-likeness (QED) is 0.136. The molecule has 5 heteroatoms. The normalized spacial score (nSPS) is 13.4. The second-order valence-electron chi connectivity index (χ2n) is 18.6. The molecule has 0 unspecified atom stereocenters. The Morgan fingerprint density at radius 2 is 0.686 bits per heavy atom. The average Bonchev–Trinajstić information content (AvgIpc) is 3.54. The molecule has 7 aromatic rings. The summed E-state index contributed by atoms with van der Waals surface area (Å²) in [6, 6.07) is 28.0. The topological polar surface area (TPSA) is 35.6 Å². The molecule has 0 amide bonds. The standard InChI is InChI=1S/C46H54N4S/c1-27-40(49-36-19-15-28(43(2,3)4)23-32(36)33-24-29(44(5,6)7)16-20-37(33)49)47-42(51-14)48-41(27)50-38-21-17-30(45(8,9)10)25-34(38)35-26-31(46(11,12)13)18-22-39(35)50/h15-26H,1-14H3. The Morgan fingerprint density at radius 3 is 0.902 bits per heavy atom. The number of nitrogens with zero attached hydrogens (tertiary/aromatic N) is 4. The molecular weight excluding hydrogens is 641 g/mol. The van der Waals surface area contributed by atoms with Crippen LogP contribution in [0.2, 0.25) is 0 Å². The molecule has 0 saturated heterocycles. The molecule has 51 heavy (non-hydrogen) atoms. The van der Waals surface area contributed by atoms with Crippen molar-refractivity contribution in [2.75, 3.05) is 6.26 Å². The number of thioether (sulfide) groups is 1. The number of hydrogen-bond donors (Lipinski definition) is 0. The van der Waals surface area contributed by atoms with Gasteiger partial charge in [0.25, 0.3) is 0 Å². The van der Waals surface area contributed by atoms with Gasteiger partial charge in [-0.25, -0.2) is 9.97 Å². The third kappa shape index (κ3) is 5.96. The lowest BCUT2D eigenvalue weighted by Gasteiger charge is -2.20. The fourth-order valence-corrected chi connectivity index (χ4v) is 7.73. The van der Waals surface area contributed by atoms with E-state index in [9.17, 15) is 0 Å². The van der Waals surface area contributed by atoms with Gasteiger partial charge in [0.2, 0.25) is 0 Å². The van der Waals surface area contributed by atoms with Gasteiger partial charge in [0.05, 0.1) is 22.1 Å². The number of hydrogen-bond acceptors (Lipinski definition) is 3. The van der Waals surface area contributed by atoms with Crippen molar-refractivity contribution in [3.05, 3.63) is 101 Å². The molecule has 4 nitrogen and oxygen atoms in total. The molecule has 0 aliphatic heterocycles. The monoisotopic (exact) mass is 694 g/mol. The van der Waals surface area contributed by atoms with Gasteiger partial charge in [0, 0.05) is 27.1 Å². The predicted octanol–water partition coefficient (Wildman–Crippen LogP) is 12.9. The van der Waals surface area contributed by atoms with E-state index in [-0.39, 0.29) is 21.7 Å². The maximum Gasteiger partial charge on any atom is 0.191 e. The number of benzene rings is 4. The first-order valence-corrected chi connectivity index (χ1v) is 19.5. The van der Waals surface area contributed by atoms with E-state index >= 15 is 0 Å². The van der Waals surface area contributed by atoms with Crippen LogP contribution in [0.5, 0.6) is 0 Å². The third-order valence-corrected chi connectivity index (χ3v) is 11.2. The van der Waals surface area contributed by atoms with Gasteiger partial charge in [-0.1, -0.05) is 119 Å². The van der Waals surface area contributed by atoms with Crippen LogP contribution in [0, 0.1) is 6.92 Å². The third-order valence-electron chi connectivity index (χ3n) is 10.7. The fourth-order valence-electron chi connectivity index (χ4n) is 7.37. The first kappa shape index (κ1) is 35.3. The summed E-state index contributed by atoms with van der Waals surface area (Å²) in [5.41, 5.74) is 11.1. The second kappa shape index (κ2) is 11.7. The Morgan fingerprint density at radius 1 is 0.431 bits per heavy atom. The van der Waals surface area contributed by atoms with Gasteiger partial charge in [-0.2, -0.15) is 0 Å². The Balaban J connectivity index is 1.59. The van der Waals surface area contributed by atoms with Crippen molar-refractivity contribution in [3.8, 4) is 11.6 Å².